The minimum atomic E-state index is 0.561. The zero-order valence-electron chi connectivity index (χ0n) is 12.0. The maximum atomic E-state index is 6.37. The zero-order valence-corrected chi connectivity index (χ0v) is 12.7. The predicted octanol–water partition coefficient (Wildman–Crippen LogP) is 1.95. The lowest BCUT2D eigenvalue weighted by atomic mass is 10.0. The number of rotatable bonds is 3. The molecule has 2 atom stereocenters. The Labute approximate surface area is 120 Å². The molecule has 4 nitrogen and oxygen atoms in total. The summed E-state index contributed by atoms with van der Waals surface area (Å²) in [6, 6.07) is 1.23. The highest BCUT2D eigenvalue weighted by atomic mass is 35.5. The van der Waals surface area contributed by atoms with Crippen molar-refractivity contribution in [3.05, 3.63) is 16.4 Å². The Morgan fingerprint density at radius 1 is 1.42 bits per heavy atom. The van der Waals surface area contributed by atoms with Crippen molar-refractivity contribution in [1.82, 2.24) is 20.0 Å². The van der Waals surface area contributed by atoms with Crippen molar-refractivity contribution in [3.8, 4) is 0 Å². The fourth-order valence-electron chi connectivity index (χ4n) is 3.19. The zero-order chi connectivity index (χ0) is 13.6. The average Bonchev–Trinajstić information content (AvgIpc) is 3.15. The quantitative estimate of drug-likeness (QED) is 0.920. The summed E-state index contributed by atoms with van der Waals surface area (Å²) in [5.41, 5.74) is 2.26. The summed E-state index contributed by atoms with van der Waals surface area (Å²) in [4.78, 5) is 2.61. The molecule has 1 saturated carbocycles. The van der Waals surface area contributed by atoms with E-state index in [2.05, 4.69) is 29.2 Å². The van der Waals surface area contributed by atoms with E-state index in [1.807, 2.05) is 7.05 Å². The Hall–Kier alpha value is -0.580. The molecule has 2 unspecified atom stereocenters. The highest BCUT2D eigenvalue weighted by Crippen LogP contribution is 2.37. The first-order chi connectivity index (χ1) is 9.06. The van der Waals surface area contributed by atoms with Crippen LogP contribution in [0.1, 0.15) is 31.0 Å². The van der Waals surface area contributed by atoms with Crippen LogP contribution in [0.5, 0.6) is 0 Å². The molecule has 0 aromatic carbocycles. The number of aryl methyl sites for hydroxylation is 2. The van der Waals surface area contributed by atoms with Crippen LogP contribution in [-0.4, -0.2) is 39.9 Å². The van der Waals surface area contributed by atoms with Crippen LogP contribution in [0.4, 0.5) is 0 Å². The molecule has 0 radical (unpaired) electrons. The van der Waals surface area contributed by atoms with Crippen LogP contribution in [0.15, 0.2) is 0 Å². The molecule has 106 valence electrons. The first-order valence-corrected chi connectivity index (χ1v) is 7.59. The third-order valence-corrected chi connectivity index (χ3v) is 4.92. The fourth-order valence-corrected chi connectivity index (χ4v) is 3.42. The Balaban J connectivity index is 1.78. The van der Waals surface area contributed by atoms with Gasteiger partial charge in [0.25, 0.3) is 0 Å². The van der Waals surface area contributed by atoms with Crippen molar-refractivity contribution in [2.45, 2.75) is 45.3 Å². The van der Waals surface area contributed by atoms with Gasteiger partial charge in [0.1, 0.15) is 5.15 Å². The molecule has 1 saturated heterocycles. The van der Waals surface area contributed by atoms with Gasteiger partial charge in [0.05, 0.1) is 5.69 Å². The molecule has 1 aromatic heterocycles. The van der Waals surface area contributed by atoms with Gasteiger partial charge >= 0.3 is 0 Å². The number of nitrogens with one attached hydrogen (secondary N) is 1. The van der Waals surface area contributed by atoms with E-state index >= 15 is 0 Å². The van der Waals surface area contributed by atoms with E-state index in [4.69, 9.17) is 11.6 Å². The molecule has 5 heteroatoms. The van der Waals surface area contributed by atoms with Crippen molar-refractivity contribution in [1.29, 1.82) is 0 Å². The molecular formula is C14H23ClN4. The first kappa shape index (κ1) is 13.4. The van der Waals surface area contributed by atoms with E-state index < -0.39 is 0 Å². The number of aromatic nitrogens is 2. The molecule has 0 amide bonds. The Morgan fingerprint density at radius 2 is 2.16 bits per heavy atom. The van der Waals surface area contributed by atoms with E-state index in [1.54, 1.807) is 4.68 Å². The lowest BCUT2D eigenvalue weighted by molar-refractivity contribution is 0.112. The van der Waals surface area contributed by atoms with E-state index in [1.165, 1.54) is 18.4 Å². The molecule has 2 aliphatic rings. The highest BCUT2D eigenvalue weighted by molar-refractivity contribution is 6.30. The number of hydrogen-bond donors (Lipinski definition) is 1. The smallest absolute Gasteiger partial charge is 0.131 e. The van der Waals surface area contributed by atoms with Gasteiger partial charge < -0.3 is 5.32 Å². The van der Waals surface area contributed by atoms with Crippen molar-refractivity contribution < 1.29 is 0 Å². The molecule has 2 heterocycles. The fraction of sp³-hybridized carbons (Fsp3) is 0.786. The summed E-state index contributed by atoms with van der Waals surface area (Å²) in [6.07, 6.45) is 2.77. The normalized spacial score (nSPS) is 28.8. The summed E-state index contributed by atoms with van der Waals surface area (Å²) in [6.45, 7) is 7.47. The summed E-state index contributed by atoms with van der Waals surface area (Å²) < 4.78 is 1.78. The van der Waals surface area contributed by atoms with Crippen LogP contribution >= 0.6 is 11.6 Å². The second-order valence-electron chi connectivity index (χ2n) is 6.12. The predicted molar refractivity (Wildman–Crippen MR) is 77.3 cm³/mol. The van der Waals surface area contributed by atoms with E-state index in [-0.39, 0.29) is 0 Å². The first-order valence-electron chi connectivity index (χ1n) is 7.21. The number of halogens is 1. The van der Waals surface area contributed by atoms with Crippen LogP contribution in [0.3, 0.4) is 0 Å². The molecule has 1 aromatic rings. The molecule has 2 fully saturated rings. The topological polar surface area (TPSA) is 33.1 Å². The van der Waals surface area contributed by atoms with Crippen molar-refractivity contribution >= 4 is 11.6 Å². The van der Waals surface area contributed by atoms with Crippen LogP contribution in [0, 0.1) is 12.8 Å². The van der Waals surface area contributed by atoms with Gasteiger partial charge in [-0.05, 0) is 32.6 Å². The minimum absolute atomic E-state index is 0.561. The minimum Gasteiger partial charge on any atom is -0.311 e. The van der Waals surface area contributed by atoms with Gasteiger partial charge in [0, 0.05) is 44.3 Å². The number of piperazine rings is 1. The van der Waals surface area contributed by atoms with Crippen LogP contribution in [0.25, 0.3) is 0 Å². The molecule has 3 rings (SSSR count). The molecule has 0 spiro atoms. The number of hydrogen-bond acceptors (Lipinski definition) is 3. The second kappa shape index (κ2) is 5.08. The lowest BCUT2D eigenvalue weighted by Crippen LogP contribution is -2.55. The molecule has 0 bridgehead atoms. The maximum absolute atomic E-state index is 6.37. The van der Waals surface area contributed by atoms with Gasteiger partial charge in [-0.3, -0.25) is 9.58 Å². The van der Waals surface area contributed by atoms with Gasteiger partial charge in [0.2, 0.25) is 0 Å². The Kier molecular flexibility index (Phi) is 3.58. The molecule has 1 N–H and O–H groups in total. The van der Waals surface area contributed by atoms with Gasteiger partial charge in [-0.1, -0.05) is 11.6 Å². The van der Waals surface area contributed by atoms with Crippen molar-refractivity contribution in [2.75, 3.05) is 13.1 Å². The SMILES string of the molecule is Cc1nn(C)c(Cl)c1CN1CC(C)NCC1C1CC1. The molecule has 19 heavy (non-hydrogen) atoms. The molecule has 1 aliphatic carbocycles. The maximum Gasteiger partial charge on any atom is 0.131 e. The van der Waals surface area contributed by atoms with Gasteiger partial charge in [-0.25, -0.2) is 0 Å². The third kappa shape index (κ3) is 2.67. The molecular weight excluding hydrogens is 260 g/mol. The van der Waals surface area contributed by atoms with Crippen molar-refractivity contribution in [2.24, 2.45) is 13.0 Å². The number of nitrogens with zero attached hydrogens (tertiary/aromatic N) is 3. The standard InChI is InChI=1S/C14H23ClN4/c1-9-7-19(13(6-16-9)11-4-5-11)8-12-10(2)17-18(3)14(12)15/h9,11,13,16H,4-8H2,1-3H3. The largest absolute Gasteiger partial charge is 0.311 e. The van der Waals surface area contributed by atoms with Crippen LogP contribution in [0.2, 0.25) is 5.15 Å². The van der Waals surface area contributed by atoms with Crippen LogP contribution in [-0.2, 0) is 13.6 Å². The van der Waals surface area contributed by atoms with Crippen molar-refractivity contribution in [3.63, 3.8) is 0 Å². The molecule has 1 aliphatic heterocycles. The summed E-state index contributed by atoms with van der Waals surface area (Å²) in [5, 5.41) is 8.82. The average molecular weight is 283 g/mol. The van der Waals surface area contributed by atoms with E-state index in [9.17, 15) is 0 Å². The summed E-state index contributed by atoms with van der Waals surface area (Å²) in [7, 11) is 1.91. The van der Waals surface area contributed by atoms with Gasteiger partial charge in [0.15, 0.2) is 0 Å². The third-order valence-electron chi connectivity index (χ3n) is 4.45. The Morgan fingerprint density at radius 3 is 2.74 bits per heavy atom. The van der Waals surface area contributed by atoms with E-state index in [0.29, 0.717) is 12.1 Å². The van der Waals surface area contributed by atoms with E-state index in [0.717, 1.165) is 36.4 Å². The second-order valence-corrected chi connectivity index (χ2v) is 6.48. The Bertz CT molecular complexity index is 466. The van der Waals surface area contributed by atoms with Gasteiger partial charge in [-0.2, -0.15) is 5.10 Å². The monoisotopic (exact) mass is 282 g/mol. The highest BCUT2D eigenvalue weighted by Gasteiger charge is 2.38. The lowest BCUT2D eigenvalue weighted by Gasteiger charge is -2.39. The summed E-state index contributed by atoms with van der Waals surface area (Å²) in [5.74, 6) is 0.885. The summed E-state index contributed by atoms with van der Waals surface area (Å²) >= 11 is 6.37. The van der Waals surface area contributed by atoms with Crippen LogP contribution < -0.4 is 5.32 Å². The van der Waals surface area contributed by atoms with Gasteiger partial charge in [-0.15, -0.1) is 0 Å².